The Balaban J connectivity index is 1.56. The Bertz CT molecular complexity index is 840. The van der Waals surface area contributed by atoms with E-state index < -0.39 is 0 Å². The minimum Gasteiger partial charge on any atom is -0.385 e. The second-order valence-electron chi connectivity index (χ2n) is 6.08. The molecule has 130 valence electrons. The number of nitrogens with one attached hydrogen (secondary N) is 3. The third kappa shape index (κ3) is 4.38. The van der Waals surface area contributed by atoms with Crippen molar-refractivity contribution in [1.82, 2.24) is 15.3 Å². The molecule has 0 atom stereocenters. The molecule has 0 fully saturated rings. The monoisotopic (exact) mass is 336 g/mol. The molecule has 0 saturated carbocycles. The molecule has 0 aliphatic heterocycles. The van der Waals surface area contributed by atoms with Gasteiger partial charge in [-0.25, -0.2) is 0 Å². The summed E-state index contributed by atoms with van der Waals surface area (Å²) in [6.07, 6.45) is 6.68. The molecule has 3 rings (SSSR count). The standard InChI is InChI=1S/C20H24N4O/c1-2-3-10-23-20(25)19-13-16(9-12-22-19)21-11-8-15-14-24-18-7-5-4-6-17(15)18/h4-7,9,12-14,24H,2-3,8,10-11H2,1H3,(H,21,22)(H,23,25). The van der Waals surface area contributed by atoms with Crippen LogP contribution in [0.15, 0.2) is 48.8 Å². The molecule has 5 heteroatoms. The summed E-state index contributed by atoms with van der Waals surface area (Å²) in [5.41, 5.74) is 3.81. The van der Waals surface area contributed by atoms with E-state index >= 15 is 0 Å². The number of benzene rings is 1. The molecule has 25 heavy (non-hydrogen) atoms. The van der Waals surface area contributed by atoms with Gasteiger partial charge in [-0.05, 0) is 36.6 Å². The highest BCUT2D eigenvalue weighted by Gasteiger charge is 2.07. The number of fused-ring (bicyclic) bond motifs is 1. The lowest BCUT2D eigenvalue weighted by Gasteiger charge is -2.08. The van der Waals surface area contributed by atoms with Gasteiger partial charge >= 0.3 is 0 Å². The summed E-state index contributed by atoms with van der Waals surface area (Å²) in [4.78, 5) is 19.5. The number of hydrogen-bond acceptors (Lipinski definition) is 3. The summed E-state index contributed by atoms with van der Waals surface area (Å²) < 4.78 is 0. The Hall–Kier alpha value is -2.82. The molecule has 3 aromatic rings. The van der Waals surface area contributed by atoms with E-state index in [9.17, 15) is 4.79 Å². The maximum Gasteiger partial charge on any atom is 0.269 e. The number of H-pyrrole nitrogens is 1. The number of anilines is 1. The number of aromatic nitrogens is 2. The smallest absolute Gasteiger partial charge is 0.269 e. The van der Waals surface area contributed by atoms with Crippen LogP contribution in [-0.2, 0) is 6.42 Å². The van der Waals surface area contributed by atoms with Gasteiger partial charge in [0.2, 0.25) is 0 Å². The Morgan fingerprint density at radius 2 is 2.08 bits per heavy atom. The molecule has 0 bridgehead atoms. The number of pyridine rings is 1. The number of unbranched alkanes of at least 4 members (excludes halogenated alkanes) is 1. The zero-order valence-electron chi connectivity index (χ0n) is 14.5. The van der Waals surface area contributed by atoms with E-state index in [-0.39, 0.29) is 5.91 Å². The number of carbonyl (C=O) groups excluding carboxylic acids is 1. The SMILES string of the molecule is CCCCNC(=O)c1cc(NCCc2c[nH]c3ccccc23)ccn1. The van der Waals surface area contributed by atoms with Crippen molar-refractivity contribution < 1.29 is 4.79 Å². The minimum atomic E-state index is -0.117. The van der Waals surface area contributed by atoms with Crippen LogP contribution in [0.4, 0.5) is 5.69 Å². The van der Waals surface area contributed by atoms with Crippen LogP contribution in [0.2, 0.25) is 0 Å². The van der Waals surface area contributed by atoms with Gasteiger partial charge in [-0.2, -0.15) is 0 Å². The van der Waals surface area contributed by atoms with E-state index in [0.717, 1.165) is 37.0 Å². The summed E-state index contributed by atoms with van der Waals surface area (Å²) in [7, 11) is 0. The van der Waals surface area contributed by atoms with Gasteiger partial charge in [-0.1, -0.05) is 31.5 Å². The highest BCUT2D eigenvalue weighted by molar-refractivity contribution is 5.93. The Labute approximate surface area is 147 Å². The second-order valence-corrected chi connectivity index (χ2v) is 6.08. The van der Waals surface area contributed by atoms with Gasteiger partial charge < -0.3 is 15.6 Å². The lowest BCUT2D eigenvalue weighted by atomic mass is 10.1. The molecule has 1 amide bonds. The average molecular weight is 336 g/mol. The number of hydrogen-bond donors (Lipinski definition) is 3. The first kappa shape index (κ1) is 17.0. The molecular formula is C20H24N4O. The fraction of sp³-hybridized carbons (Fsp3) is 0.300. The first-order valence-corrected chi connectivity index (χ1v) is 8.81. The minimum absolute atomic E-state index is 0.117. The van der Waals surface area contributed by atoms with Gasteiger partial charge in [0.15, 0.2) is 0 Å². The molecule has 0 aliphatic carbocycles. The molecule has 0 saturated heterocycles. The normalized spacial score (nSPS) is 10.8. The van der Waals surface area contributed by atoms with Crippen molar-refractivity contribution in [3.8, 4) is 0 Å². The van der Waals surface area contributed by atoms with Gasteiger partial charge in [0.05, 0.1) is 0 Å². The van der Waals surface area contributed by atoms with Crippen molar-refractivity contribution in [2.45, 2.75) is 26.2 Å². The van der Waals surface area contributed by atoms with E-state index in [4.69, 9.17) is 0 Å². The molecule has 2 aromatic heterocycles. The fourth-order valence-electron chi connectivity index (χ4n) is 2.81. The van der Waals surface area contributed by atoms with Crippen molar-refractivity contribution >= 4 is 22.5 Å². The van der Waals surface area contributed by atoms with E-state index in [1.807, 2.05) is 12.1 Å². The zero-order valence-corrected chi connectivity index (χ0v) is 14.5. The molecule has 0 radical (unpaired) electrons. The van der Waals surface area contributed by atoms with E-state index in [1.54, 1.807) is 12.3 Å². The third-order valence-electron chi connectivity index (χ3n) is 4.21. The second kappa shape index (κ2) is 8.33. The van der Waals surface area contributed by atoms with Crippen molar-refractivity contribution in [2.75, 3.05) is 18.4 Å². The summed E-state index contributed by atoms with van der Waals surface area (Å²) in [6.45, 7) is 3.58. The topological polar surface area (TPSA) is 69.8 Å². The summed E-state index contributed by atoms with van der Waals surface area (Å²) >= 11 is 0. The molecule has 2 heterocycles. The van der Waals surface area contributed by atoms with Gasteiger partial charge in [0.1, 0.15) is 5.69 Å². The molecule has 3 N–H and O–H groups in total. The van der Waals surface area contributed by atoms with Crippen molar-refractivity contribution in [3.63, 3.8) is 0 Å². The van der Waals surface area contributed by atoms with Crippen LogP contribution in [-0.4, -0.2) is 29.0 Å². The zero-order chi connectivity index (χ0) is 17.5. The summed E-state index contributed by atoms with van der Waals surface area (Å²) in [5.74, 6) is -0.117. The first-order chi connectivity index (χ1) is 12.3. The van der Waals surface area contributed by atoms with Crippen LogP contribution in [0.25, 0.3) is 10.9 Å². The number of nitrogens with zero attached hydrogens (tertiary/aromatic N) is 1. The first-order valence-electron chi connectivity index (χ1n) is 8.81. The van der Waals surface area contributed by atoms with Crippen molar-refractivity contribution in [3.05, 3.63) is 60.0 Å². The van der Waals surface area contributed by atoms with E-state index in [0.29, 0.717) is 12.2 Å². The van der Waals surface area contributed by atoms with Crippen LogP contribution < -0.4 is 10.6 Å². The molecule has 0 unspecified atom stereocenters. The Kier molecular flexibility index (Phi) is 5.67. The van der Waals surface area contributed by atoms with Crippen LogP contribution in [0.1, 0.15) is 35.8 Å². The lowest BCUT2D eigenvalue weighted by molar-refractivity contribution is 0.0948. The fourth-order valence-corrected chi connectivity index (χ4v) is 2.81. The highest BCUT2D eigenvalue weighted by Crippen LogP contribution is 2.18. The van der Waals surface area contributed by atoms with Crippen molar-refractivity contribution in [1.29, 1.82) is 0 Å². The van der Waals surface area contributed by atoms with E-state index in [2.05, 4.69) is 51.9 Å². The maximum absolute atomic E-state index is 12.1. The average Bonchev–Trinajstić information content (AvgIpc) is 3.05. The predicted octanol–water partition coefficient (Wildman–Crippen LogP) is 3.75. The van der Waals surface area contributed by atoms with Crippen LogP contribution in [0.3, 0.4) is 0 Å². The van der Waals surface area contributed by atoms with Crippen LogP contribution in [0.5, 0.6) is 0 Å². The number of amides is 1. The van der Waals surface area contributed by atoms with E-state index in [1.165, 1.54) is 10.9 Å². The van der Waals surface area contributed by atoms with Gasteiger partial charge in [-0.3, -0.25) is 9.78 Å². The molecular weight excluding hydrogens is 312 g/mol. The molecule has 0 aliphatic rings. The van der Waals surface area contributed by atoms with Crippen LogP contribution >= 0.6 is 0 Å². The third-order valence-corrected chi connectivity index (χ3v) is 4.21. The highest BCUT2D eigenvalue weighted by atomic mass is 16.1. The van der Waals surface area contributed by atoms with Gasteiger partial charge in [0, 0.05) is 42.1 Å². The maximum atomic E-state index is 12.1. The predicted molar refractivity (Wildman–Crippen MR) is 102 cm³/mol. The Morgan fingerprint density at radius 1 is 1.20 bits per heavy atom. The van der Waals surface area contributed by atoms with Gasteiger partial charge in [-0.15, -0.1) is 0 Å². The van der Waals surface area contributed by atoms with Crippen LogP contribution in [0, 0.1) is 0 Å². The lowest BCUT2D eigenvalue weighted by Crippen LogP contribution is -2.25. The molecule has 5 nitrogen and oxygen atoms in total. The number of aromatic amines is 1. The summed E-state index contributed by atoms with van der Waals surface area (Å²) in [6, 6.07) is 12.0. The molecule has 1 aromatic carbocycles. The van der Waals surface area contributed by atoms with Crippen molar-refractivity contribution in [2.24, 2.45) is 0 Å². The number of carbonyl (C=O) groups is 1. The van der Waals surface area contributed by atoms with Gasteiger partial charge in [0.25, 0.3) is 5.91 Å². The largest absolute Gasteiger partial charge is 0.385 e. The Morgan fingerprint density at radius 3 is 2.96 bits per heavy atom. The molecule has 0 spiro atoms. The summed E-state index contributed by atoms with van der Waals surface area (Å²) in [5, 5.41) is 7.53. The quantitative estimate of drug-likeness (QED) is 0.549. The number of rotatable bonds is 8. The number of para-hydroxylation sites is 1.